The summed E-state index contributed by atoms with van der Waals surface area (Å²) < 4.78 is 44.1. The summed E-state index contributed by atoms with van der Waals surface area (Å²) in [6, 6.07) is 15.1. The van der Waals surface area contributed by atoms with Crippen LogP contribution in [0, 0.1) is 12.7 Å². The molecule has 0 saturated heterocycles. The lowest BCUT2D eigenvalue weighted by atomic mass is 10.1. The lowest BCUT2D eigenvalue weighted by Crippen LogP contribution is -2.12. The minimum absolute atomic E-state index is 0.192. The number of rotatable bonds is 6. The van der Waals surface area contributed by atoms with Crippen LogP contribution in [0.15, 0.2) is 88.8 Å². The quantitative estimate of drug-likeness (QED) is 0.282. The molecule has 0 amide bonds. The van der Waals surface area contributed by atoms with Crippen LogP contribution in [0.2, 0.25) is 0 Å². The maximum absolute atomic E-state index is 13.5. The van der Waals surface area contributed by atoms with E-state index in [4.69, 9.17) is 0 Å². The highest BCUT2D eigenvalue weighted by Gasteiger charge is 2.23. The molecule has 3 heterocycles. The number of halogens is 2. The van der Waals surface area contributed by atoms with Crippen molar-refractivity contribution in [3.63, 3.8) is 0 Å². The molecule has 3 aromatic heterocycles. The van der Waals surface area contributed by atoms with Gasteiger partial charge < -0.3 is 0 Å². The summed E-state index contributed by atoms with van der Waals surface area (Å²) in [4.78, 5) is 4.59. The fraction of sp³-hybridized carbons (Fsp3) is 0.120. The fourth-order valence-electron chi connectivity index (χ4n) is 3.85. The van der Waals surface area contributed by atoms with E-state index in [0.29, 0.717) is 29.6 Å². The largest absolute Gasteiger partial charge is 0.272 e. The molecule has 0 fully saturated rings. The van der Waals surface area contributed by atoms with Gasteiger partial charge >= 0.3 is 0 Å². The summed E-state index contributed by atoms with van der Waals surface area (Å²) in [6.07, 6.45) is 7.35. The molecule has 34 heavy (non-hydrogen) atoms. The number of aromatic nitrogens is 4. The first-order valence-corrected chi connectivity index (χ1v) is 12.8. The van der Waals surface area contributed by atoms with Gasteiger partial charge in [-0.25, -0.2) is 21.8 Å². The molecule has 9 heteroatoms. The van der Waals surface area contributed by atoms with Gasteiger partial charge in [-0.05, 0) is 65.2 Å². The fourth-order valence-corrected chi connectivity index (χ4v) is 5.51. The molecule has 2 aromatic carbocycles. The zero-order valence-electron chi connectivity index (χ0n) is 18.2. The Morgan fingerprint density at radius 1 is 1.03 bits per heavy atom. The maximum Gasteiger partial charge on any atom is 0.269 e. The highest BCUT2D eigenvalue weighted by molar-refractivity contribution is 9.10. The highest BCUT2D eigenvalue weighted by Crippen LogP contribution is 2.33. The van der Waals surface area contributed by atoms with E-state index in [1.807, 2.05) is 25.3 Å². The summed E-state index contributed by atoms with van der Waals surface area (Å²) in [5, 5.41) is 5.12. The zero-order chi connectivity index (χ0) is 23.9. The van der Waals surface area contributed by atoms with E-state index < -0.39 is 10.0 Å². The molecule has 0 aliphatic heterocycles. The van der Waals surface area contributed by atoms with Crippen LogP contribution >= 0.6 is 15.9 Å². The minimum Gasteiger partial charge on any atom is -0.272 e. The molecule has 0 unspecified atom stereocenters. The smallest absolute Gasteiger partial charge is 0.269 e. The monoisotopic (exact) mass is 538 g/mol. The first-order valence-electron chi connectivity index (χ1n) is 10.6. The number of pyridine rings is 1. The van der Waals surface area contributed by atoms with Gasteiger partial charge in [0.15, 0.2) is 5.65 Å². The Kier molecular flexibility index (Phi) is 5.83. The van der Waals surface area contributed by atoms with Crippen LogP contribution in [0.4, 0.5) is 4.39 Å². The molecule has 0 spiro atoms. The van der Waals surface area contributed by atoms with Crippen LogP contribution in [0.1, 0.15) is 11.1 Å². The highest BCUT2D eigenvalue weighted by atomic mass is 79.9. The van der Waals surface area contributed by atoms with E-state index >= 15 is 0 Å². The first-order chi connectivity index (χ1) is 16.3. The van der Waals surface area contributed by atoms with Crippen molar-refractivity contribution in [1.82, 2.24) is 18.7 Å². The van der Waals surface area contributed by atoms with Gasteiger partial charge in [-0.15, -0.1) is 0 Å². The third kappa shape index (κ3) is 4.28. The molecule has 0 bridgehead atoms. The molecule has 6 nitrogen and oxygen atoms in total. The zero-order valence-corrected chi connectivity index (χ0v) is 20.6. The van der Waals surface area contributed by atoms with E-state index in [9.17, 15) is 12.8 Å². The van der Waals surface area contributed by atoms with Crippen molar-refractivity contribution < 1.29 is 12.8 Å². The number of aryl methyl sites for hydroxylation is 3. The average Bonchev–Trinajstić information content (AvgIpc) is 3.43. The summed E-state index contributed by atoms with van der Waals surface area (Å²) in [5.74, 6) is -0.265. The van der Waals surface area contributed by atoms with Gasteiger partial charge in [-0.3, -0.25) is 4.68 Å². The molecule has 0 aliphatic rings. The van der Waals surface area contributed by atoms with Gasteiger partial charge in [-0.1, -0.05) is 29.8 Å². The molecule has 5 rings (SSSR count). The van der Waals surface area contributed by atoms with Crippen molar-refractivity contribution in [3.05, 3.63) is 101 Å². The number of hydrogen-bond donors (Lipinski definition) is 0. The third-order valence-electron chi connectivity index (χ3n) is 5.62. The van der Waals surface area contributed by atoms with Gasteiger partial charge in [0.05, 0.1) is 11.1 Å². The second-order valence-electron chi connectivity index (χ2n) is 8.05. The SMILES string of the molecule is Cc1ccc(S(=O)(=O)n2cc(-c3cnn(CCc4cccc(F)c4)c3)c3cc(Br)cnc32)cc1. The Hall–Kier alpha value is -3.30. The Bertz CT molecular complexity index is 1610. The van der Waals surface area contributed by atoms with E-state index in [-0.39, 0.29) is 10.7 Å². The summed E-state index contributed by atoms with van der Waals surface area (Å²) >= 11 is 3.44. The van der Waals surface area contributed by atoms with Crippen LogP contribution in [-0.2, 0) is 23.0 Å². The number of benzene rings is 2. The number of hydrogen-bond acceptors (Lipinski definition) is 4. The molecule has 0 aliphatic carbocycles. The normalized spacial score (nSPS) is 11.9. The predicted octanol–water partition coefficient (Wildman–Crippen LogP) is 5.59. The van der Waals surface area contributed by atoms with Crippen molar-refractivity contribution in [2.45, 2.75) is 24.8 Å². The van der Waals surface area contributed by atoms with Crippen molar-refractivity contribution in [1.29, 1.82) is 0 Å². The van der Waals surface area contributed by atoms with Gasteiger partial charge in [-0.2, -0.15) is 5.10 Å². The Morgan fingerprint density at radius 3 is 2.59 bits per heavy atom. The summed E-state index contributed by atoms with van der Waals surface area (Å²) in [7, 11) is -3.85. The lowest BCUT2D eigenvalue weighted by molar-refractivity contribution is 0.588. The molecular formula is C25H20BrFN4O2S. The van der Waals surface area contributed by atoms with Crippen molar-refractivity contribution >= 4 is 37.0 Å². The standard InChI is InChI=1S/C25H20BrFN4O2S/c1-17-5-7-22(8-6-17)34(32,33)31-16-24(23-12-20(26)14-28-25(23)31)19-13-29-30(15-19)10-9-18-3-2-4-21(27)11-18/h2-8,11-16H,9-10H2,1H3. The van der Waals surface area contributed by atoms with Crippen molar-refractivity contribution in [2.75, 3.05) is 0 Å². The topological polar surface area (TPSA) is 69.8 Å². The molecule has 0 saturated carbocycles. The van der Waals surface area contributed by atoms with Gasteiger partial charge in [0.1, 0.15) is 5.82 Å². The molecule has 172 valence electrons. The first kappa shape index (κ1) is 22.5. The average molecular weight is 539 g/mol. The predicted molar refractivity (Wildman–Crippen MR) is 133 cm³/mol. The number of fused-ring (bicyclic) bond motifs is 1. The van der Waals surface area contributed by atoms with E-state index in [1.54, 1.807) is 53.6 Å². The van der Waals surface area contributed by atoms with Gasteiger partial charge in [0, 0.05) is 46.1 Å². The Balaban J connectivity index is 1.53. The molecule has 5 aromatic rings. The molecule has 0 N–H and O–H groups in total. The van der Waals surface area contributed by atoms with Gasteiger partial charge in [0.25, 0.3) is 10.0 Å². The number of nitrogens with zero attached hydrogens (tertiary/aromatic N) is 4. The van der Waals surface area contributed by atoms with Crippen molar-refractivity contribution in [2.24, 2.45) is 0 Å². The van der Waals surface area contributed by atoms with E-state index in [0.717, 1.165) is 21.2 Å². The second-order valence-corrected chi connectivity index (χ2v) is 10.8. The van der Waals surface area contributed by atoms with Crippen LogP contribution in [0.3, 0.4) is 0 Å². The molecular weight excluding hydrogens is 519 g/mol. The van der Waals surface area contributed by atoms with Crippen LogP contribution in [0.25, 0.3) is 22.2 Å². The minimum atomic E-state index is -3.85. The maximum atomic E-state index is 13.5. The van der Waals surface area contributed by atoms with Crippen LogP contribution in [-0.4, -0.2) is 27.2 Å². The molecule has 0 atom stereocenters. The van der Waals surface area contributed by atoms with Crippen LogP contribution in [0.5, 0.6) is 0 Å². The van der Waals surface area contributed by atoms with Crippen LogP contribution < -0.4 is 0 Å². The molecule has 0 radical (unpaired) electrons. The third-order valence-corrected chi connectivity index (χ3v) is 7.72. The Morgan fingerprint density at radius 2 is 1.82 bits per heavy atom. The Labute approximate surface area is 204 Å². The van der Waals surface area contributed by atoms with Gasteiger partial charge in [0.2, 0.25) is 0 Å². The summed E-state index contributed by atoms with van der Waals surface area (Å²) in [5.41, 5.74) is 3.67. The van der Waals surface area contributed by atoms with E-state index in [2.05, 4.69) is 26.0 Å². The van der Waals surface area contributed by atoms with Crippen molar-refractivity contribution in [3.8, 4) is 11.1 Å². The summed E-state index contributed by atoms with van der Waals surface area (Å²) in [6.45, 7) is 2.47. The lowest BCUT2D eigenvalue weighted by Gasteiger charge is -2.07. The van der Waals surface area contributed by atoms with E-state index in [1.165, 1.54) is 16.1 Å². The second kappa shape index (κ2) is 8.81.